The van der Waals surface area contributed by atoms with Gasteiger partial charge in [0.05, 0.1) is 13.7 Å². The third-order valence-corrected chi connectivity index (χ3v) is 3.06. The molecule has 2 aromatic heterocycles. The van der Waals surface area contributed by atoms with Gasteiger partial charge in [0.2, 0.25) is 0 Å². The number of aliphatic hydroxyl groups is 1. The molecule has 0 saturated heterocycles. The highest BCUT2D eigenvalue weighted by Crippen LogP contribution is 2.22. The molecule has 2 N–H and O–H groups in total. The first-order valence-electron chi connectivity index (χ1n) is 6.50. The summed E-state index contributed by atoms with van der Waals surface area (Å²) in [4.78, 5) is 16.0. The van der Waals surface area contributed by atoms with Crippen molar-refractivity contribution in [3.63, 3.8) is 0 Å². The van der Waals surface area contributed by atoms with Crippen LogP contribution in [-0.2, 0) is 5.60 Å². The third kappa shape index (κ3) is 3.61. The average Bonchev–Trinajstić information content (AvgIpc) is 2.92. The fraction of sp³-hybridized carbons (Fsp3) is 0.333. The van der Waals surface area contributed by atoms with Crippen molar-refractivity contribution in [2.24, 2.45) is 0 Å². The highest BCUT2D eigenvalue weighted by atomic mass is 16.5. The van der Waals surface area contributed by atoms with Gasteiger partial charge < -0.3 is 19.6 Å². The maximum Gasteiger partial charge on any atom is 0.270 e. The predicted octanol–water partition coefficient (Wildman–Crippen LogP) is 1.63. The zero-order valence-corrected chi connectivity index (χ0v) is 12.2. The first-order valence-corrected chi connectivity index (χ1v) is 6.50. The van der Waals surface area contributed by atoms with Crippen LogP contribution in [0.25, 0.3) is 0 Å². The summed E-state index contributed by atoms with van der Waals surface area (Å²) in [7, 11) is 1.51. The quantitative estimate of drug-likeness (QED) is 0.874. The van der Waals surface area contributed by atoms with E-state index in [0.717, 1.165) is 0 Å². The molecule has 0 aromatic carbocycles. The zero-order chi connectivity index (χ0) is 15.5. The number of hydrogen-bond donors (Lipinski definition) is 2. The largest absolute Gasteiger partial charge is 0.497 e. The Balaban J connectivity index is 2.03. The number of ether oxygens (including phenoxy) is 1. The minimum absolute atomic E-state index is 0.0116. The van der Waals surface area contributed by atoms with Gasteiger partial charge >= 0.3 is 0 Å². The minimum atomic E-state index is -1.29. The van der Waals surface area contributed by atoms with Crippen LogP contribution in [-0.4, -0.2) is 29.7 Å². The molecule has 0 radical (unpaired) electrons. The number of carbonyl (C=O) groups is 1. The summed E-state index contributed by atoms with van der Waals surface area (Å²) in [6.45, 7) is 3.38. The van der Waals surface area contributed by atoms with Crippen LogP contribution in [0.4, 0.5) is 0 Å². The molecular formula is C15H18N2O4. The molecule has 1 unspecified atom stereocenters. The summed E-state index contributed by atoms with van der Waals surface area (Å²) < 4.78 is 10.4. The van der Waals surface area contributed by atoms with Crippen LogP contribution in [0.5, 0.6) is 5.75 Å². The number of hydrogen-bond acceptors (Lipinski definition) is 5. The molecule has 1 atom stereocenters. The molecule has 0 bridgehead atoms. The first kappa shape index (κ1) is 15.1. The van der Waals surface area contributed by atoms with Crippen molar-refractivity contribution in [2.45, 2.75) is 19.4 Å². The van der Waals surface area contributed by atoms with Crippen LogP contribution < -0.4 is 10.1 Å². The minimum Gasteiger partial charge on any atom is -0.497 e. The lowest BCUT2D eigenvalue weighted by atomic mass is 10.0. The van der Waals surface area contributed by atoms with Crippen LogP contribution in [0.3, 0.4) is 0 Å². The van der Waals surface area contributed by atoms with E-state index in [4.69, 9.17) is 9.15 Å². The molecule has 2 aromatic rings. The zero-order valence-electron chi connectivity index (χ0n) is 12.2. The number of aromatic nitrogens is 1. The predicted molar refractivity (Wildman–Crippen MR) is 76.1 cm³/mol. The Bertz CT molecular complexity index is 634. The molecule has 112 valence electrons. The van der Waals surface area contributed by atoms with Gasteiger partial charge in [-0.1, -0.05) is 0 Å². The maximum atomic E-state index is 12.0. The standard InChI is InChI=1S/C15H18N2O4/c1-10-4-5-13(21-10)15(2,19)9-17-14(18)12-8-11(20-3)6-7-16-12/h4-8,19H,9H2,1-3H3,(H,17,18). The molecular weight excluding hydrogens is 272 g/mol. The number of carbonyl (C=O) groups excluding carboxylic acids is 1. The van der Waals surface area contributed by atoms with E-state index in [1.165, 1.54) is 19.4 Å². The average molecular weight is 290 g/mol. The smallest absolute Gasteiger partial charge is 0.270 e. The van der Waals surface area contributed by atoms with E-state index in [-0.39, 0.29) is 12.2 Å². The van der Waals surface area contributed by atoms with Crippen LogP contribution in [0.2, 0.25) is 0 Å². The number of aryl methyl sites for hydroxylation is 1. The second-order valence-electron chi connectivity index (χ2n) is 4.95. The second-order valence-corrected chi connectivity index (χ2v) is 4.95. The van der Waals surface area contributed by atoms with Gasteiger partial charge in [-0.2, -0.15) is 0 Å². The van der Waals surface area contributed by atoms with E-state index in [9.17, 15) is 9.90 Å². The highest BCUT2D eigenvalue weighted by molar-refractivity contribution is 5.92. The number of pyridine rings is 1. The normalized spacial score (nSPS) is 13.5. The lowest BCUT2D eigenvalue weighted by molar-refractivity contribution is 0.0322. The molecule has 0 saturated carbocycles. The molecule has 0 aliphatic carbocycles. The maximum absolute atomic E-state index is 12.0. The Hall–Kier alpha value is -2.34. The van der Waals surface area contributed by atoms with Crippen molar-refractivity contribution in [3.05, 3.63) is 47.7 Å². The number of amides is 1. The van der Waals surface area contributed by atoms with Gasteiger partial charge in [0.1, 0.15) is 28.6 Å². The van der Waals surface area contributed by atoms with Crippen molar-refractivity contribution in [3.8, 4) is 5.75 Å². The molecule has 0 spiro atoms. The van der Waals surface area contributed by atoms with Crippen LogP contribution >= 0.6 is 0 Å². The summed E-state index contributed by atoms with van der Waals surface area (Å²) in [5.74, 6) is 1.26. The van der Waals surface area contributed by atoms with Gasteiger partial charge in [-0.3, -0.25) is 9.78 Å². The summed E-state index contributed by atoms with van der Waals surface area (Å²) in [6.07, 6.45) is 1.49. The SMILES string of the molecule is COc1ccnc(C(=O)NCC(C)(O)c2ccc(C)o2)c1. The molecule has 6 heteroatoms. The molecule has 2 rings (SSSR count). The molecule has 0 aliphatic rings. The van der Waals surface area contributed by atoms with Gasteiger partial charge in [0.15, 0.2) is 0 Å². The fourth-order valence-corrected chi connectivity index (χ4v) is 1.82. The molecule has 2 heterocycles. The number of nitrogens with zero attached hydrogens (tertiary/aromatic N) is 1. The molecule has 21 heavy (non-hydrogen) atoms. The summed E-state index contributed by atoms with van der Waals surface area (Å²) in [5, 5.41) is 13.0. The Morgan fingerprint density at radius 2 is 2.24 bits per heavy atom. The number of rotatable bonds is 5. The Morgan fingerprint density at radius 3 is 2.86 bits per heavy atom. The molecule has 6 nitrogen and oxygen atoms in total. The lowest BCUT2D eigenvalue weighted by Gasteiger charge is -2.21. The van der Waals surface area contributed by atoms with Crippen LogP contribution in [0.1, 0.15) is 28.9 Å². The Morgan fingerprint density at radius 1 is 1.48 bits per heavy atom. The van der Waals surface area contributed by atoms with E-state index in [1.807, 2.05) is 0 Å². The van der Waals surface area contributed by atoms with Crippen molar-refractivity contribution in [1.82, 2.24) is 10.3 Å². The molecule has 0 aliphatic heterocycles. The van der Waals surface area contributed by atoms with Gasteiger partial charge in [-0.25, -0.2) is 0 Å². The molecule has 0 fully saturated rings. The van der Waals surface area contributed by atoms with Crippen molar-refractivity contribution in [1.29, 1.82) is 0 Å². The van der Waals surface area contributed by atoms with Crippen molar-refractivity contribution in [2.75, 3.05) is 13.7 Å². The van der Waals surface area contributed by atoms with Gasteiger partial charge in [0, 0.05) is 12.3 Å². The fourth-order valence-electron chi connectivity index (χ4n) is 1.82. The highest BCUT2D eigenvalue weighted by Gasteiger charge is 2.27. The van der Waals surface area contributed by atoms with E-state index in [2.05, 4.69) is 10.3 Å². The van der Waals surface area contributed by atoms with Gasteiger partial charge in [-0.05, 0) is 32.0 Å². The monoisotopic (exact) mass is 290 g/mol. The van der Waals surface area contributed by atoms with Crippen molar-refractivity contribution >= 4 is 5.91 Å². The van der Waals surface area contributed by atoms with Crippen LogP contribution in [0, 0.1) is 6.92 Å². The van der Waals surface area contributed by atoms with Gasteiger partial charge in [-0.15, -0.1) is 0 Å². The number of methoxy groups -OCH3 is 1. The molecule has 1 amide bonds. The Labute approximate surface area is 122 Å². The number of furan rings is 1. The lowest BCUT2D eigenvalue weighted by Crippen LogP contribution is -2.38. The van der Waals surface area contributed by atoms with Gasteiger partial charge in [0.25, 0.3) is 5.91 Å². The third-order valence-electron chi connectivity index (χ3n) is 3.06. The Kier molecular flexibility index (Phi) is 4.28. The first-order chi connectivity index (χ1) is 9.92. The summed E-state index contributed by atoms with van der Waals surface area (Å²) in [5.41, 5.74) is -1.07. The topological polar surface area (TPSA) is 84.6 Å². The van der Waals surface area contributed by atoms with E-state index in [1.54, 1.807) is 32.0 Å². The van der Waals surface area contributed by atoms with Crippen LogP contribution in [0.15, 0.2) is 34.9 Å². The van der Waals surface area contributed by atoms with Crippen molar-refractivity contribution < 1.29 is 19.1 Å². The number of nitrogens with one attached hydrogen (secondary N) is 1. The summed E-state index contributed by atoms with van der Waals surface area (Å²) in [6, 6.07) is 6.63. The summed E-state index contributed by atoms with van der Waals surface area (Å²) >= 11 is 0. The second kappa shape index (κ2) is 5.97. The van der Waals surface area contributed by atoms with E-state index < -0.39 is 11.5 Å². The van der Waals surface area contributed by atoms with E-state index >= 15 is 0 Å². The van der Waals surface area contributed by atoms with E-state index in [0.29, 0.717) is 17.3 Å².